The van der Waals surface area contributed by atoms with E-state index >= 15 is 0 Å². The summed E-state index contributed by atoms with van der Waals surface area (Å²) in [5.41, 5.74) is 1.23. The van der Waals surface area contributed by atoms with Crippen molar-refractivity contribution in [2.45, 2.75) is 25.2 Å². The van der Waals surface area contributed by atoms with E-state index < -0.39 is 20.9 Å². The minimum Gasteiger partial charge on any atom is -0.369 e. The molecule has 11 nitrogen and oxygen atoms in total. The summed E-state index contributed by atoms with van der Waals surface area (Å²) >= 11 is 0. The molecule has 0 spiro atoms. The van der Waals surface area contributed by atoms with Crippen molar-refractivity contribution in [1.29, 1.82) is 0 Å². The minimum absolute atomic E-state index is 0.0384. The zero-order valence-electron chi connectivity index (χ0n) is 21.6. The second kappa shape index (κ2) is 11.4. The number of hydrogen-bond acceptors (Lipinski definition) is 9. The molecular weight excluding hydrogens is 522 g/mol. The highest BCUT2D eigenvalue weighted by molar-refractivity contribution is 7.90. The fraction of sp³-hybridized carbons (Fsp3) is 0.222. The first-order valence-corrected chi connectivity index (χ1v) is 13.6. The van der Waals surface area contributed by atoms with E-state index in [9.17, 15) is 23.3 Å². The van der Waals surface area contributed by atoms with Gasteiger partial charge in [0.15, 0.2) is 0 Å². The summed E-state index contributed by atoms with van der Waals surface area (Å²) in [7, 11) is -2.24. The number of nitro groups is 1. The van der Waals surface area contributed by atoms with Gasteiger partial charge < -0.3 is 9.42 Å². The number of anilines is 1. The number of carbonyl (C=O) groups is 1. The van der Waals surface area contributed by atoms with Crippen LogP contribution in [0.15, 0.2) is 82.2 Å². The minimum atomic E-state index is -4.05. The number of aromatic nitrogens is 2. The van der Waals surface area contributed by atoms with E-state index in [0.717, 1.165) is 6.42 Å². The molecular formula is C27H27N5O6S. The number of nitrogens with zero attached hydrogens (tertiary/aromatic N) is 4. The van der Waals surface area contributed by atoms with Gasteiger partial charge in [-0.1, -0.05) is 49.3 Å². The van der Waals surface area contributed by atoms with Crippen LogP contribution in [-0.4, -0.2) is 43.0 Å². The molecule has 0 aliphatic rings. The lowest BCUT2D eigenvalue weighted by Crippen LogP contribution is -2.30. The van der Waals surface area contributed by atoms with Crippen LogP contribution in [0.25, 0.3) is 22.8 Å². The Labute approximate surface area is 225 Å². The van der Waals surface area contributed by atoms with Crippen LogP contribution in [0.5, 0.6) is 0 Å². The van der Waals surface area contributed by atoms with Crippen LogP contribution in [0.3, 0.4) is 0 Å². The van der Waals surface area contributed by atoms with E-state index in [4.69, 9.17) is 4.52 Å². The second-order valence-electron chi connectivity index (χ2n) is 9.32. The first-order chi connectivity index (χ1) is 18.5. The highest BCUT2D eigenvalue weighted by Gasteiger charge is 2.22. The maximum Gasteiger partial charge on any atom is 0.293 e. The Kier molecular flexibility index (Phi) is 8.05. The molecule has 0 atom stereocenters. The molecule has 4 aromatic rings. The van der Waals surface area contributed by atoms with E-state index in [1.807, 2.05) is 16.7 Å². The SMILES string of the molecule is CC(C)CCN(C)c1ccc(-c2nc(-c3cccc(C(=O)NS(=O)(=O)c4ccccc4)c3)no2)cc1[N+](=O)[O-]. The summed E-state index contributed by atoms with van der Waals surface area (Å²) < 4.78 is 32.4. The number of nitro benzene ring substituents is 1. The Bertz CT molecular complexity index is 1600. The first-order valence-electron chi connectivity index (χ1n) is 12.1. The van der Waals surface area contributed by atoms with E-state index in [2.05, 4.69) is 24.0 Å². The molecule has 202 valence electrons. The third-order valence-electron chi connectivity index (χ3n) is 5.96. The third kappa shape index (κ3) is 6.47. The van der Waals surface area contributed by atoms with Crippen molar-refractivity contribution >= 4 is 27.3 Å². The smallest absolute Gasteiger partial charge is 0.293 e. The number of hydrogen-bond donors (Lipinski definition) is 1. The molecule has 0 unspecified atom stereocenters. The maximum atomic E-state index is 12.7. The van der Waals surface area contributed by atoms with Crippen LogP contribution < -0.4 is 9.62 Å². The number of amides is 1. The highest BCUT2D eigenvalue weighted by Crippen LogP contribution is 2.33. The predicted octanol–water partition coefficient (Wildman–Crippen LogP) is 4.91. The van der Waals surface area contributed by atoms with Gasteiger partial charge in [0.1, 0.15) is 5.69 Å². The molecule has 0 saturated heterocycles. The van der Waals surface area contributed by atoms with Crippen LogP contribution in [0.1, 0.15) is 30.6 Å². The van der Waals surface area contributed by atoms with E-state index in [1.54, 1.807) is 42.5 Å². The van der Waals surface area contributed by atoms with Crippen LogP contribution >= 0.6 is 0 Å². The summed E-state index contributed by atoms with van der Waals surface area (Å²) in [4.78, 5) is 30.2. The Morgan fingerprint density at radius 2 is 1.79 bits per heavy atom. The van der Waals surface area contributed by atoms with E-state index in [0.29, 0.717) is 29.3 Å². The standard InChI is InChI=1S/C27H27N5O6S/c1-18(2)14-15-31(3)23-13-12-21(17-24(23)32(34)35)27-28-25(29-38-27)19-8-7-9-20(16-19)26(33)30-39(36,37)22-10-5-4-6-11-22/h4-13,16-18H,14-15H2,1-3H3,(H,30,33). The summed E-state index contributed by atoms with van der Waals surface area (Å²) in [5, 5.41) is 15.7. The summed E-state index contributed by atoms with van der Waals surface area (Å²) in [5.74, 6) is -0.171. The molecule has 0 radical (unpaired) electrons. The van der Waals surface area contributed by atoms with Gasteiger partial charge in [0.25, 0.3) is 27.5 Å². The van der Waals surface area contributed by atoms with Gasteiger partial charge >= 0.3 is 0 Å². The molecule has 1 aromatic heterocycles. The number of sulfonamides is 1. The van der Waals surface area contributed by atoms with Crippen LogP contribution in [0.4, 0.5) is 11.4 Å². The van der Waals surface area contributed by atoms with Crippen molar-refractivity contribution in [3.63, 3.8) is 0 Å². The Morgan fingerprint density at radius 1 is 1.05 bits per heavy atom. The van der Waals surface area contributed by atoms with Crippen molar-refractivity contribution in [1.82, 2.24) is 14.9 Å². The third-order valence-corrected chi connectivity index (χ3v) is 7.31. The van der Waals surface area contributed by atoms with Gasteiger partial charge in [-0.25, -0.2) is 13.1 Å². The lowest BCUT2D eigenvalue weighted by atomic mass is 10.1. The topological polar surface area (TPSA) is 149 Å². The van der Waals surface area contributed by atoms with Crippen molar-refractivity contribution < 1.29 is 22.7 Å². The van der Waals surface area contributed by atoms with Gasteiger partial charge in [-0.2, -0.15) is 4.98 Å². The normalized spacial score (nSPS) is 11.4. The predicted molar refractivity (Wildman–Crippen MR) is 146 cm³/mol. The molecule has 1 amide bonds. The van der Waals surface area contributed by atoms with Gasteiger partial charge in [-0.3, -0.25) is 14.9 Å². The number of carbonyl (C=O) groups excluding carboxylic acids is 1. The summed E-state index contributed by atoms with van der Waals surface area (Å²) in [6.07, 6.45) is 0.887. The quantitative estimate of drug-likeness (QED) is 0.215. The number of rotatable bonds is 10. The van der Waals surface area contributed by atoms with Gasteiger partial charge in [0, 0.05) is 36.3 Å². The largest absolute Gasteiger partial charge is 0.369 e. The van der Waals surface area contributed by atoms with Gasteiger partial charge in [-0.05, 0) is 48.7 Å². The maximum absolute atomic E-state index is 12.7. The molecule has 1 N–H and O–H groups in total. The van der Waals surface area contributed by atoms with Gasteiger partial charge in [0.05, 0.1) is 9.82 Å². The fourth-order valence-electron chi connectivity index (χ4n) is 3.79. The molecule has 1 heterocycles. The fourth-order valence-corrected chi connectivity index (χ4v) is 4.79. The van der Waals surface area contributed by atoms with E-state index in [1.165, 1.54) is 30.3 Å². The molecule has 0 bridgehead atoms. The van der Waals surface area contributed by atoms with Gasteiger partial charge in [0.2, 0.25) is 5.82 Å². The molecule has 0 saturated carbocycles. The molecule has 3 aromatic carbocycles. The molecule has 39 heavy (non-hydrogen) atoms. The first kappa shape index (κ1) is 27.5. The lowest BCUT2D eigenvalue weighted by Gasteiger charge is -2.20. The lowest BCUT2D eigenvalue weighted by molar-refractivity contribution is -0.384. The average Bonchev–Trinajstić information content (AvgIpc) is 3.42. The Hall–Kier alpha value is -4.58. The second-order valence-corrected chi connectivity index (χ2v) is 11.0. The zero-order chi connectivity index (χ0) is 28.2. The van der Waals surface area contributed by atoms with Crippen molar-refractivity contribution in [2.75, 3.05) is 18.5 Å². The Balaban J connectivity index is 1.56. The summed E-state index contributed by atoms with van der Waals surface area (Å²) in [6.45, 7) is 4.85. The van der Waals surface area contributed by atoms with E-state index in [-0.39, 0.29) is 27.9 Å². The molecule has 0 fully saturated rings. The van der Waals surface area contributed by atoms with Crippen molar-refractivity contribution in [3.8, 4) is 22.8 Å². The number of benzene rings is 3. The van der Waals surface area contributed by atoms with Crippen molar-refractivity contribution in [3.05, 3.63) is 88.5 Å². The molecule has 0 aliphatic heterocycles. The van der Waals surface area contributed by atoms with Crippen LogP contribution in [0, 0.1) is 16.0 Å². The monoisotopic (exact) mass is 549 g/mol. The molecule has 0 aliphatic carbocycles. The van der Waals surface area contributed by atoms with Crippen molar-refractivity contribution in [2.24, 2.45) is 5.92 Å². The zero-order valence-corrected chi connectivity index (χ0v) is 22.4. The van der Waals surface area contributed by atoms with Crippen LogP contribution in [0.2, 0.25) is 0 Å². The molecule has 12 heteroatoms. The summed E-state index contributed by atoms with van der Waals surface area (Å²) in [6, 6.07) is 18.3. The van der Waals surface area contributed by atoms with Crippen LogP contribution in [-0.2, 0) is 10.0 Å². The Morgan fingerprint density at radius 3 is 2.49 bits per heavy atom. The average molecular weight is 550 g/mol. The highest BCUT2D eigenvalue weighted by atomic mass is 32.2. The molecule has 4 rings (SSSR count). The number of nitrogens with one attached hydrogen (secondary N) is 1. The van der Waals surface area contributed by atoms with Gasteiger partial charge in [-0.15, -0.1) is 0 Å².